The van der Waals surface area contributed by atoms with Crippen molar-refractivity contribution in [1.82, 2.24) is 21.3 Å². The van der Waals surface area contributed by atoms with Crippen LogP contribution in [0.4, 0.5) is 5.69 Å². The summed E-state index contributed by atoms with van der Waals surface area (Å²) >= 11 is 1.40. The molecule has 0 saturated carbocycles. The second-order valence-corrected chi connectivity index (χ2v) is 14.5. The van der Waals surface area contributed by atoms with E-state index in [0.29, 0.717) is 22.6 Å². The Morgan fingerprint density at radius 1 is 0.643 bits per heavy atom. The maximum Gasteiger partial charge on any atom is 0.326 e. The highest BCUT2D eigenvalue weighted by Gasteiger charge is 2.32. The van der Waals surface area contributed by atoms with Crippen molar-refractivity contribution in [2.24, 2.45) is 0 Å². The number of fused-ring (bicyclic) bond motifs is 18. The highest BCUT2D eigenvalue weighted by Crippen LogP contribution is 2.21. The van der Waals surface area contributed by atoms with Gasteiger partial charge in [0.15, 0.2) is 0 Å². The molecule has 13 nitrogen and oxygen atoms in total. The molecule has 56 heavy (non-hydrogen) atoms. The predicted octanol–water partition coefficient (Wildman–Crippen LogP) is 4.03. The van der Waals surface area contributed by atoms with Gasteiger partial charge in [-0.25, -0.2) is 4.79 Å². The molecule has 0 spiro atoms. The van der Waals surface area contributed by atoms with Crippen molar-refractivity contribution in [3.05, 3.63) is 137 Å². The molecule has 4 atom stereocenters. The summed E-state index contributed by atoms with van der Waals surface area (Å²) in [4.78, 5) is 81.4. The molecule has 0 saturated heterocycles. The molecule has 2 aromatic heterocycles. The highest BCUT2D eigenvalue weighted by atomic mass is 32.1. The lowest BCUT2D eigenvalue weighted by Crippen LogP contribution is -2.59. The number of benzene rings is 3. The van der Waals surface area contributed by atoms with Gasteiger partial charge in [0.1, 0.15) is 29.9 Å². The first-order valence-corrected chi connectivity index (χ1v) is 19.0. The lowest BCUT2D eigenvalue weighted by molar-refractivity contribution is -0.142. The van der Waals surface area contributed by atoms with Crippen LogP contribution in [-0.2, 0) is 54.5 Å². The smallest absolute Gasteiger partial charge is 0.326 e. The minimum Gasteiger partial charge on any atom is -0.480 e. The van der Waals surface area contributed by atoms with Gasteiger partial charge in [-0.3, -0.25) is 24.0 Å². The van der Waals surface area contributed by atoms with Crippen molar-refractivity contribution >= 4 is 52.5 Å². The Morgan fingerprint density at radius 2 is 1.29 bits per heavy atom. The standard InChI is InChI=1S/C42H41N5O8S/c48-37-18-19-38(49)44-35(25-32-9-5-21-56-32)41(52)45-33(22-26-10-14-29(15-11-26)28-6-2-1-3-7-28)39(50)46-34(24-31-8-4-20-55-31)40(51)47-36(42(53)54)23-27-12-16-30(43-37)17-13-27/h1-17,20-21,33-36H,18-19,22-25H2,(H,43,48)(H,44,49)(H,45,52)(H,46,50)(H,47,51)(H,53,54)/t33-,34+,35+,36-/m0/s1. The summed E-state index contributed by atoms with van der Waals surface area (Å²) in [6, 6.07) is 25.5. The number of thiophene rings is 1. The van der Waals surface area contributed by atoms with Crippen LogP contribution >= 0.6 is 11.3 Å². The van der Waals surface area contributed by atoms with E-state index in [1.807, 2.05) is 72.1 Å². The van der Waals surface area contributed by atoms with Crippen molar-refractivity contribution < 1.29 is 38.3 Å². The normalized spacial score (nSPS) is 20.1. The quantitative estimate of drug-likeness (QED) is 0.127. The number of amides is 5. The molecule has 5 aromatic rings. The fourth-order valence-corrected chi connectivity index (χ4v) is 7.03. The molecular weight excluding hydrogens is 735 g/mol. The molecule has 0 fully saturated rings. The molecule has 4 heterocycles. The van der Waals surface area contributed by atoms with Crippen molar-refractivity contribution in [2.75, 3.05) is 5.32 Å². The zero-order chi connectivity index (χ0) is 39.4. The Labute approximate surface area is 326 Å². The third-order valence-electron chi connectivity index (χ3n) is 9.26. The number of anilines is 1. The van der Waals surface area contributed by atoms with Crippen molar-refractivity contribution in [1.29, 1.82) is 0 Å². The van der Waals surface area contributed by atoms with Crippen LogP contribution in [-0.4, -0.2) is 64.8 Å². The Hall–Kier alpha value is -6.54. The van der Waals surface area contributed by atoms with Gasteiger partial charge in [-0.2, -0.15) is 0 Å². The van der Waals surface area contributed by atoms with Crippen LogP contribution in [0.2, 0.25) is 0 Å². The predicted molar refractivity (Wildman–Crippen MR) is 209 cm³/mol. The summed E-state index contributed by atoms with van der Waals surface area (Å²) in [5.74, 6) is -4.06. The second-order valence-electron chi connectivity index (χ2n) is 13.4. The number of carboxylic acids is 1. The molecule has 0 radical (unpaired) electrons. The van der Waals surface area contributed by atoms with E-state index >= 15 is 0 Å². The maximum atomic E-state index is 14.3. The van der Waals surface area contributed by atoms with Crippen molar-refractivity contribution in [3.8, 4) is 11.1 Å². The van der Waals surface area contributed by atoms with Crippen LogP contribution < -0.4 is 26.6 Å². The lowest BCUT2D eigenvalue weighted by Gasteiger charge is -2.26. The summed E-state index contributed by atoms with van der Waals surface area (Å²) in [5, 5.41) is 25.5. The van der Waals surface area contributed by atoms with Crippen molar-refractivity contribution in [2.45, 2.75) is 62.7 Å². The van der Waals surface area contributed by atoms with Gasteiger partial charge in [-0.1, -0.05) is 72.8 Å². The topological polar surface area (TPSA) is 196 Å². The summed E-state index contributed by atoms with van der Waals surface area (Å²) < 4.78 is 5.49. The monoisotopic (exact) mass is 775 g/mol. The zero-order valence-corrected chi connectivity index (χ0v) is 31.1. The summed E-state index contributed by atoms with van der Waals surface area (Å²) in [5.41, 5.74) is 3.63. The molecule has 3 aromatic carbocycles. The lowest BCUT2D eigenvalue weighted by atomic mass is 9.99. The summed E-state index contributed by atoms with van der Waals surface area (Å²) in [6.07, 6.45) is 0.949. The van der Waals surface area contributed by atoms with Crippen LogP contribution in [0.3, 0.4) is 0 Å². The molecule has 7 rings (SSSR count). The van der Waals surface area contributed by atoms with Gasteiger partial charge in [0.05, 0.1) is 6.26 Å². The summed E-state index contributed by atoms with van der Waals surface area (Å²) in [7, 11) is 0. The average molecular weight is 776 g/mol. The Morgan fingerprint density at radius 3 is 1.93 bits per heavy atom. The van der Waals surface area contributed by atoms with Crippen molar-refractivity contribution in [3.63, 3.8) is 0 Å². The first-order chi connectivity index (χ1) is 27.1. The molecule has 0 unspecified atom stereocenters. The molecule has 5 amide bonds. The summed E-state index contributed by atoms with van der Waals surface area (Å²) in [6.45, 7) is 0. The number of hydrogen-bond acceptors (Lipinski definition) is 8. The number of nitrogens with one attached hydrogen (secondary N) is 5. The number of furan rings is 1. The van der Waals surface area contributed by atoms with Gasteiger partial charge in [-0.05, 0) is 58.0 Å². The van der Waals surface area contributed by atoms with E-state index in [2.05, 4.69) is 26.6 Å². The van der Waals surface area contributed by atoms with Gasteiger partial charge >= 0.3 is 5.97 Å². The fraction of sp³-hybridized carbons (Fsp3) is 0.238. The van der Waals surface area contributed by atoms with Crippen LogP contribution in [0.25, 0.3) is 11.1 Å². The van der Waals surface area contributed by atoms with Gasteiger partial charge in [0.2, 0.25) is 29.5 Å². The number of rotatable bonds is 8. The maximum absolute atomic E-state index is 14.3. The second kappa shape index (κ2) is 18.7. The van der Waals surface area contributed by atoms with Gasteiger partial charge in [-0.15, -0.1) is 11.3 Å². The number of carbonyl (C=O) groups excluding carboxylic acids is 5. The third-order valence-corrected chi connectivity index (χ3v) is 10.2. The number of carboxylic acid groups (broad SMARTS) is 1. The molecule has 2 aliphatic heterocycles. The minimum absolute atomic E-state index is 0.00907. The Kier molecular flexibility index (Phi) is 13.1. The molecule has 6 N–H and O–H groups in total. The van der Waals surface area contributed by atoms with Gasteiger partial charge in [0, 0.05) is 49.1 Å². The molecule has 2 aliphatic rings. The van der Waals surface area contributed by atoms with E-state index in [1.165, 1.54) is 17.6 Å². The number of hydrogen-bond donors (Lipinski definition) is 6. The molecule has 0 aliphatic carbocycles. The molecule has 14 heteroatoms. The van der Waals surface area contributed by atoms with E-state index < -0.39 is 59.7 Å². The molecule has 2 bridgehead atoms. The Bertz CT molecular complexity index is 2120. The van der Waals surface area contributed by atoms with E-state index in [-0.39, 0.29) is 38.5 Å². The Balaban J connectivity index is 1.33. The van der Waals surface area contributed by atoms with Crippen LogP contribution in [0.15, 0.2) is 119 Å². The molecule has 288 valence electrons. The van der Waals surface area contributed by atoms with E-state index in [9.17, 15) is 33.9 Å². The van der Waals surface area contributed by atoms with Crippen LogP contribution in [0.5, 0.6) is 0 Å². The third kappa shape index (κ3) is 11.0. The van der Waals surface area contributed by atoms with Gasteiger partial charge in [0.25, 0.3) is 0 Å². The average Bonchev–Trinajstić information content (AvgIpc) is 3.92. The molecular formula is C42H41N5O8S. The van der Waals surface area contributed by atoms with Crippen LogP contribution in [0.1, 0.15) is 34.6 Å². The number of carbonyl (C=O) groups is 6. The van der Waals surface area contributed by atoms with E-state index in [1.54, 1.807) is 36.4 Å². The highest BCUT2D eigenvalue weighted by molar-refractivity contribution is 7.09. The first kappa shape index (κ1) is 39.2. The minimum atomic E-state index is -1.37. The fourth-order valence-electron chi connectivity index (χ4n) is 6.28. The SMILES string of the molecule is O=C1CCC(=O)N[C@H](Cc2cccs2)C(=O)N[C@@H](Cc2ccc(-c3ccccc3)cc2)C(=O)N[C@H](Cc2ccco2)C(=O)N[C@H](C(=O)O)Cc2ccc(cc2)N1. The zero-order valence-electron chi connectivity index (χ0n) is 30.2. The van der Waals surface area contributed by atoms with E-state index in [0.717, 1.165) is 16.0 Å². The van der Waals surface area contributed by atoms with E-state index in [4.69, 9.17) is 4.42 Å². The number of aliphatic carboxylic acids is 1. The largest absolute Gasteiger partial charge is 0.480 e. The van der Waals surface area contributed by atoms with Crippen LogP contribution in [0, 0.1) is 0 Å². The first-order valence-electron chi connectivity index (χ1n) is 18.1. The van der Waals surface area contributed by atoms with Gasteiger partial charge < -0.3 is 36.1 Å².